The van der Waals surface area contributed by atoms with Crippen molar-refractivity contribution in [3.63, 3.8) is 0 Å². The summed E-state index contributed by atoms with van der Waals surface area (Å²) in [6.07, 6.45) is 11.3. The molecule has 0 radical (unpaired) electrons. The largest absolute Gasteiger partial charge is 0.352 e. The van der Waals surface area contributed by atoms with E-state index in [9.17, 15) is 4.79 Å². The van der Waals surface area contributed by atoms with Crippen LogP contribution in [0.15, 0.2) is 48.5 Å². The number of hydrogen-bond acceptors (Lipinski definition) is 2. The number of carbonyl (C=O) groups is 1. The summed E-state index contributed by atoms with van der Waals surface area (Å²) in [5.41, 5.74) is 4.06. The minimum absolute atomic E-state index is 0.0190. The van der Waals surface area contributed by atoms with Crippen LogP contribution in [0, 0.1) is 6.92 Å². The van der Waals surface area contributed by atoms with Crippen molar-refractivity contribution in [3.05, 3.63) is 65.5 Å². The Morgan fingerprint density at radius 2 is 1.68 bits per heavy atom. The highest BCUT2D eigenvalue weighted by Crippen LogP contribution is 2.18. The van der Waals surface area contributed by atoms with E-state index in [4.69, 9.17) is 4.98 Å². The summed E-state index contributed by atoms with van der Waals surface area (Å²) in [6.45, 7) is 5.86. The summed E-state index contributed by atoms with van der Waals surface area (Å²) in [5, 5.41) is 3.05. The molecular weight excluding hydrogens is 382 g/mol. The molecule has 0 unspecified atom stereocenters. The lowest BCUT2D eigenvalue weighted by molar-refractivity contribution is 0.0954. The molecule has 2 aromatic carbocycles. The summed E-state index contributed by atoms with van der Waals surface area (Å²) >= 11 is 0. The van der Waals surface area contributed by atoms with Gasteiger partial charge in [-0.3, -0.25) is 4.79 Å². The Kier molecular flexibility index (Phi) is 9.14. The zero-order valence-corrected chi connectivity index (χ0v) is 19.2. The fourth-order valence-electron chi connectivity index (χ4n) is 4.15. The zero-order valence-electron chi connectivity index (χ0n) is 19.2. The molecule has 0 spiro atoms. The van der Waals surface area contributed by atoms with E-state index < -0.39 is 0 Å². The SMILES string of the molecule is CCCCCCCCCCn1c(CCNC(=O)c2cccc(C)c2)nc2ccccc21. The number of aromatic nitrogens is 2. The standard InChI is InChI=1S/C27H37N3O/c1-3-4-5-6-7-8-9-12-20-30-25-17-11-10-16-24(25)29-26(30)18-19-28-27(31)23-15-13-14-22(2)21-23/h10-11,13-17,21H,3-9,12,18-20H2,1-2H3,(H,28,31). The molecule has 4 heteroatoms. The number of nitrogens with one attached hydrogen (secondary N) is 1. The van der Waals surface area contributed by atoms with Gasteiger partial charge in [0.05, 0.1) is 11.0 Å². The predicted molar refractivity (Wildman–Crippen MR) is 130 cm³/mol. The van der Waals surface area contributed by atoms with Crippen LogP contribution in [0.3, 0.4) is 0 Å². The minimum Gasteiger partial charge on any atom is -0.352 e. The van der Waals surface area contributed by atoms with Crippen LogP contribution in [0.4, 0.5) is 0 Å². The van der Waals surface area contributed by atoms with E-state index in [0.717, 1.165) is 29.9 Å². The third-order valence-corrected chi connectivity index (χ3v) is 5.88. The number of unbranched alkanes of at least 4 members (excludes halogenated alkanes) is 7. The maximum absolute atomic E-state index is 12.4. The van der Waals surface area contributed by atoms with Gasteiger partial charge in [0.1, 0.15) is 5.82 Å². The van der Waals surface area contributed by atoms with E-state index in [2.05, 4.69) is 35.0 Å². The molecule has 1 heterocycles. The fourth-order valence-corrected chi connectivity index (χ4v) is 4.15. The first-order valence-corrected chi connectivity index (χ1v) is 12.0. The monoisotopic (exact) mass is 419 g/mol. The first-order chi connectivity index (χ1) is 15.2. The number of aryl methyl sites for hydroxylation is 2. The van der Waals surface area contributed by atoms with Crippen LogP contribution in [0.1, 0.15) is 80.0 Å². The lowest BCUT2D eigenvalue weighted by atomic mass is 10.1. The Bertz CT molecular complexity index is 960. The van der Waals surface area contributed by atoms with Crippen LogP contribution in [0.2, 0.25) is 0 Å². The quantitative estimate of drug-likeness (QED) is 0.323. The normalized spacial score (nSPS) is 11.2. The van der Waals surface area contributed by atoms with E-state index in [1.807, 2.05) is 37.3 Å². The van der Waals surface area contributed by atoms with Crippen LogP contribution in [0.5, 0.6) is 0 Å². The summed E-state index contributed by atoms with van der Waals surface area (Å²) in [6, 6.07) is 16.1. The van der Waals surface area contributed by atoms with Gasteiger partial charge in [0.25, 0.3) is 5.91 Å². The van der Waals surface area contributed by atoms with Gasteiger partial charge in [0.2, 0.25) is 0 Å². The number of rotatable bonds is 13. The summed E-state index contributed by atoms with van der Waals surface area (Å²) in [4.78, 5) is 17.3. The van der Waals surface area contributed by atoms with Crippen molar-refractivity contribution < 1.29 is 4.79 Å². The van der Waals surface area contributed by atoms with Crippen molar-refractivity contribution in [1.29, 1.82) is 0 Å². The Morgan fingerprint density at radius 1 is 0.935 bits per heavy atom. The smallest absolute Gasteiger partial charge is 0.251 e. The van der Waals surface area contributed by atoms with Crippen molar-refractivity contribution in [2.45, 2.75) is 78.2 Å². The highest BCUT2D eigenvalue weighted by molar-refractivity contribution is 5.94. The molecule has 0 aliphatic rings. The van der Waals surface area contributed by atoms with Crippen molar-refractivity contribution in [2.24, 2.45) is 0 Å². The van der Waals surface area contributed by atoms with E-state index >= 15 is 0 Å². The van der Waals surface area contributed by atoms with E-state index in [-0.39, 0.29) is 5.91 Å². The third kappa shape index (κ3) is 6.95. The summed E-state index contributed by atoms with van der Waals surface area (Å²) in [5.74, 6) is 1.04. The Balaban J connectivity index is 1.53. The van der Waals surface area contributed by atoms with Crippen molar-refractivity contribution in [3.8, 4) is 0 Å². The molecule has 0 saturated heterocycles. The first-order valence-electron chi connectivity index (χ1n) is 12.0. The second kappa shape index (κ2) is 12.3. The molecule has 3 aromatic rings. The van der Waals surface area contributed by atoms with Crippen LogP contribution >= 0.6 is 0 Å². The molecule has 0 bridgehead atoms. The van der Waals surface area contributed by atoms with Gasteiger partial charge >= 0.3 is 0 Å². The van der Waals surface area contributed by atoms with Gasteiger partial charge in [-0.25, -0.2) is 4.98 Å². The van der Waals surface area contributed by atoms with Crippen molar-refractivity contribution in [2.75, 3.05) is 6.54 Å². The minimum atomic E-state index is -0.0190. The van der Waals surface area contributed by atoms with Gasteiger partial charge in [-0.05, 0) is 37.6 Å². The number of nitrogens with zero attached hydrogens (tertiary/aromatic N) is 2. The molecule has 166 valence electrons. The molecule has 4 nitrogen and oxygen atoms in total. The summed E-state index contributed by atoms with van der Waals surface area (Å²) in [7, 11) is 0. The average molecular weight is 420 g/mol. The van der Waals surface area contributed by atoms with Crippen LogP contribution in [-0.4, -0.2) is 22.0 Å². The highest BCUT2D eigenvalue weighted by Gasteiger charge is 2.11. The molecule has 1 aromatic heterocycles. The van der Waals surface area contributed by atoms with Crippen LogP contribution < -0.4 is 5.32 Å². The van der Waals surface area contributed by atoms with Gasteiger partial charge in [-0.1, -0.05) is 81.7 Å². The number of fused-ring (bicyclic) bond motifs is 1. The van der Waals surface area contributed by atoms with Crippen molar-refractivity contribution in [1.82, 2.24) is 14.9 Å². The molecule has 3 rings (SSSR count). The predicted octanol–water partition coefficient (Wildman–Crippen LogP) is 6.46. The number of carbonyl (C=O) groups excluding carboxylic acids is 1. The van der Waals surface area contributed by atoms with E-state index in [1.165, 1.54) is 56.9 Å². The number of para-hydroxylation sites is 2. The van der Waals surface area contributed by atoms with Gasteiger partial charge in [0, 0.05) is 25.1 Å². The molecule has 1 amide bonds. The summed E-state index contributed by atoms with van der Waals surface area (Å²) < 4.78 is 2.35. The maximum atomic E-state index is 12.4. The van der Waals surface area contributed by atoms with E-state index in [1.54, 1.807) is 0 Å². The molecular formula is C27H37N3O. The lowest BCUT2D eigenvalue weighted by Crippen LogP contribution is -2.26. The Morgan fingerprint density at radius 3 is 2.45 bits per heavy atom. The van der Waals surface area contributed by atoms with Crippen LogP contribution in [-0.2, 0) is 13.0 Å². The molecule has 0 atom stereocenters. The Labute approximate surface area is 187 Å². The second-order valence-electron chi connectivity index (χ2n) is 8.52. The number of imidazole rings is 1. The third-order valence-electron chi connectivity index (χ3n) is 5.88. The average Bonchev–Trinajstić information content (AvgIpc) is 3.13. The molecule has 31 heavy (non-hydrogen) atoms. The fraction of sp³-hybridized carbons (Fsp3) is 0.481. The second-order valence-corrected chi connectivity index (χ2v) is 8.52. The topological polar surface area (TPSA) is 46.9 Å². The highest BCUT2D eigenvalue weighted by atomic mass is 16.1. The Hall–Kier alpha value is -2.62. The van der Waals surface area contributed by atoms with Gasteiger partial charge in [0.15, 0.2) is 0 Å². The first kappa shape index (κ1) is 23.1. The molecule has 0 fully saturated rings. The van der Waals surface area contributed by atoms with Gasteiger partial charge < -0.3 is 9.88 Å². The van der Waals surface area contributed by atoms with Gasteiger partial charge in [-0.2, -0.15) is 0 Å². The van der Waals surface area contributed by atoms with Gasteiger partial charge in [-0.15, -0.1) is 0 Å². The van der Waals surface area contributed by atoms with Crippen LogP contribution in [0.25, 0.3) is 11.0 Å². The number of benzene rings is 2. The molecule has 0 aliphatic heterocycles. The number of amides is 1. The molecule has 1 N–H and O–H groups in total. The molecule has 0 aliphatic carbocycles. The zero-order chi connectivity index (χ0) is 21.9. The van der Waals surface area contributed by atoms with E-state index in [0.29, 0.717) is 12.1 Å². The lowest BCUT2D eigenvalue weighted by Gasteiger charge is -2.10. The number of hydrogen-bond donors (Lipinski definition) is 1. The molecule has 0 saturated carbocycles. The maximum Gasteiger partial charge on any atom is 0.251 e. The van der Waals surface area contributed by atoms with Crippen molar-refractivity contribution >= 4 is 16.9 Å².